The number of benzene rings is 1. The molecule has 3 N–H and O–H groups in total. The molecule has 1 saturated heterocycles. The minimum absolute atomic E-state index is 0.129. The largest absolute Gasteiger partial charge is 0.392 e. The Morgan fingerprint density at radius 3 is 2.29 bits per heavy atom. The lowest BCUT2D eigenvalue weighted by atomic mass is 10.0. The van der Waals surface area contributed by atoms with E-state index in [0.29, 0.717) is 6.04 Å². The zero-order chi connectivity index (χ0) is 12.1. The van der Waals surface area contributed by atoms with Gasteiger partial charge in [0.1, 0.15) is 0 Å². The first-order valence-corrected chi connectivity index (χ1v) is 6.44. The van der Waals surface area contributed by atoms with E-state index >= 15 is 0 Å². The van der Waals surface area contributed by atoms with Crippen molar-refractivity contribution in [2.24, 2.45) is 5.73 Å². The molecule has 17 heavy (non-hydrogen) atoms. The molecule has 1 aliphatic heterocycles. The summed E-state index contributed by atoms with van der Waals surface area (Å²) in [6.07, 6.45) is 3.34. The molecular weight excluding hydrogens is 212 g/mol. The molecule has 0 spiro atoms. The van der Waals surface area contributed by atoms with E-state index in [-0.39, 0.29) is 6.61 Å². The molecule has 0 bridgehead atoms. The van der Waals surface area contributed by atoms with E-state index < -0.39 is 0 Å². The molecule has 1 fully saturated rings. The Morgan fingerprint density at radius 1 is 1.12 bits per heavy atom. The maximum Gasteiger partial charge on any atom is 0.0681 e. The van der Waals surface area contributed by atoms with Gasteiger partial charge in [-0.15, -0.1) is 0 Å². The standard InChI is InChI=1S/C14H22N2O/c15-14-6-9-16(10-7-14)8-5-12-1-3-13(11-17)4-2-12/h1-4,14,17H,5-11,15H2. The smallest absolute Gasteiger partial charge is 0.0681 e. The second-order valence-corrected chi connectivity index (χ2v) is 4.90. The molecule has 0 aromatic heterocycles. The summed E-state index contributed by atoms with van der Waals surface area (Å²) in [6.45, 7) is 3.52. The summed E-state index contributed by atoms with van der Waals surface area (Å²) < 4.78 is 0. The first kappa shape index (κ1) is 12.6. The fraction of sp³-hybridized carbons (Fsp3) is 0.571. The van der Waals surface area contributed by atoms with E-state index in [1.165, 1.54) is 5.56 Å². The van der Waals surface area contributed by atoms with Crippen LogP contribution in [0.5, 0.6) is 0 Å². The van der Waals surface area contributed by atoms with E-state index in [2.05, 4.69) is 17.0 Å². The van der Waals surface area contributed by atoms with Crippen LogP contribution in [0, 0.1) is 0 Å². The summed E-state index contributed by atoms with van der Waals surface area (Å²) in [7, 11) is 0. The summed E-state index contributed by atoms with van der Waals surface area (Å²) in [5, 5.41) is 8.97. The van der Waals surface area contributed by atoms with E-state index in [0.717, 1.165) is 44.5 Å². The van der Waals surface area contributed by atoms with E-state index in [1.54, 1.807) is 0 Å². The van der Waals surface area contributed by atoms with Crippen molar-refractivity contribution in [1.29, 1.82) is 0 Å². The lowest BCUT2D eigenvalue weighted by molar-refractivity contribution is 0.215. The van der Waals surface area contributed by atoms with Crippen LogP contribution < -0.4 is 5.73 Å². The van der Waals surface area contributed by atoms with Gasteiger partial charge in [-0.1, -0.05) is 24.3 Å². The fourth-order valence-electron chi connectivity index (χ4n) is 2.28. The Kier molecular flexibility index (Phi) is 4.54. The molecule has 1 aromatic carbocycles. The predicted molar refractivity (Wildman–Crippen MR) is 69.7 cm³/mol. The molecule has 3 nitrogen and oxygen atoms in total. The normalized spacial score (nSPS) is 18.5. The maximum absolute atomic E-state index is 8.97. The molecule has 0 aliphatic carbocycles. The van der Waals surface area contributed by atoms with Crippen LogP contribution in [0.1, 0.15) is 24.0 Å². The van der Waals surface area contributed by atoms with Gasteiger partial charge in [-0.2, -0.15) is 0 Å². The van der Waals surface area contributed by atoms with Crippen LogP contribution in [0.25, 0.3) is 0 Å². The summed E-state index contributed by atoms with van der Waals surface area (Å²) >= 11 is 0. The molecule has 0 unspecified atom stereocenters. The third kappa shape index (κ3) is 3.80. The topological polar surface area (TPSA) is 49.5 Å². The summed E-state index contributed by atoms with van der Waals surface area (Å²) in [5.41, 5.74) is 8.21. The van der Waals surface area contributed by atoms with Gasteiger partial charge in [-0.05, 0) is 43.5 Å². The number of hydrogen-bond donors (Lipinski definition) is 2. The number of rotatable bonds is 4. The van der Waals surface area contributed by atoms with Crippen LogP contribution in [0.2, 0.25) is 0 Å². The molecule has 1 aromatic rings. The van der Waals surface area contributed by atoms with Crippen molar-refractivity contribution in [3.05, 3.63) is 35.4 Å². The fourth-order valence-corrected chi connectivity index (χ4v) is 2.28. The lowest BCUT2D eigenvalue weighted by Crippen LogP contribution is -2.40. The highest BCUT2D eigenvalue weighted by Crippen LogP contribution is 2.10. The van der Waals surface area contributed by atoms with Crippen molar-refractivity contribution in [3.8, 4) is 0 Å². The third-order valence-electron chi connectivity index (χ3n) is 3.55. The molecule has 3 heteroatoms. The highest BCUT2D eigenvalue weighted by atomic mass is 16.3. The Morgan fingerprint density at radius 2 is 1.71 bits per heavy atom. The van der Waals surface area contributed by atoms with Crippen LogP contribution >= 0.6 is 0 Å². The number of aliphatic hydroxyl groups is 1. The molecule has 0 atom stereocenters. The predicted octanol–water partition coefficient (Wildman–Crippen LogP) is 1.14. The zero-order valence-electron chi connectivity index (χ0n) is 10.3. The van der Waals surface area contributed by atoms with Crippen molar-refractivity contribution in [3.63, 3.8) is 0 Å². The van der Waals surface area contributed by atoms with E-state index in [1.807, 2.05) is 12.1 Å². The average molecular weight is 234 g/mol. The number of nitrogens with two attached hydrogens (primary N) is 1. The number of piperidine rings is 1. The van der Waals surface area contributed by atoms with Crippen molar-refractivity contribution < 1.29 is 5.11 Å². The molecule has 0 saturated carbocycles. The summed E-state index contributed by atoms with van der Waals surface area (Å²) in [5.74, 6) is 0. The number of likely N-dealkylation sites (tertiary alicyclic amines) is 1. The van der Waals surface area contributed by atoms with Gasteiger partial charge >= 0.3 is 0 Å². The molecule has 1 heterocycles. The van der Waals surface area contributed by atoms with Gasteiger partial charge in [0.2, 0.25) is 0 Å². The van der Waals surface area contributed by atoms with Crippen molar-refractivity contribution >= 4 is 0 Å². The second kappa shape index (κ2) is 6.15. The van der Waals surface area contributed by atoms with Crippen molar-refractivity contribution in [2.45, 2.75) is 31.9 Å². The first-order valence-electron chi connectivity index (χ1n) is 6.44. The minimum atomic E-state index is 0.129. The summed E-state index contributed by atoms with van der Waals surface area (Å²) in [4.78, 5) is 2.49. The highest BCUT2D eigenvalue weighted by Gasteiger charge is 2.15. The Bertz CT molecular complexity index is 329. The number of aliphatic hydroxyl groups excluding tert-OH is 1. The zero-order valence-corrected chi connectivity index (χ0v) is 10.3. The van der Waals surface area contributed by atoms with Gasteiger partial charge in [-0.3, -0.25) is 0 Å². The van der Waals surface area contributed by atoms with Gasteiger partial charge in [-0.25, -0.2) is 0 Å². The Labute approximate surface area is 103 Å². The van der Waals surface area contributed by atoms with Crippen LogP contribution in [-0.2, 0) is 13.0 Å². The van der Waals surface area contributed by atoms with Gasteiger partial charge in [0.25, 0.3) is 0 Å². The molecular formula is C14H22N2O. The first-order chi connectivity index (χ1) is 8.28. The Hall–Kier alpha value is -0.900. The average Bonchev–Trinajstić information content (AvgIpc) is 2.39. The highest BCUT2D eigenvalue weighted by molar-refractivity contribution is 5.22. The van der Waals surface area contributed by atoms with Gasteiger partial charge in [0.15, 0.2) is 0 Å². The molecule has 0 radical (unpaired) electrons. The maximum atomic E-state index is 8.97. The van der Waals surface area contributed by atoms with Crippen LogP contribution in [0.15, 0.2) is 24.3 Å². The second-order valence-electron chi connectivity index (χ2n) is 4.90. The monoisotopic (exact) mass is 234 g/mol. The van der Waals surface area contributed by atoms with E-state index in [9.17, 15) is 0 Å². The molecule has 2 rings (SSSR count). The molecule has 0 amide bonds. The van der Waals surface area contributed by atoms with Crippen molar-refractivity contribution in [1.82, 2.24) is 4.90 Å². The van der Waals surface area contributed by atoms with Gasteiger partial charge in [0, 0.05) is 12.6 Å². The summed E-state index contributed by atoms with van der Waals surface area (Å²) in [6, 6.07) is 8.64. The lowest BCUT2D eigenvalue weighted by Gasteiger charge is -2.29. The minimum Gasteiger partial charge on any atom is -0.392 e. The molecule has 94 valence electrons. The number of nitrogens with zero attached hydrogens (tertiary/aromatic N) is 1. The van der Waals surface area contributed by atoms with Crippen molar-refractivity contribution in [2.75, 3.05) is 19.6 Å². The number of hydrogen-bond acceptors (Lipinski definition) is 3. The van der Waals surface area contributed by atoms with E-state index in [4.69, 9.17) is 10.8 Å². The van der Waals surface area contributed by atoms with Crippen LogP contribution in [0.4, 0.5) is 0 Å². The van der Waals surface area contributed by atoms with Crippen LogP contribution in [0.3, 0.4) is 0 Å². The quantitative estimate of drug-likeness (QED) is 0.821. The Balaban J connectivity index is 1.77. The SMILES string of the molecule is NC1CCN(CCc2ccc(CO)cc2)CC1. The van der Waals surface area contributed by atoms with Gasteiger partial charge < -0.3 is 15.7 Å². The molecule has 1 aliphatic rings. The van der Waals surface area contributed by atoms with Gasteiger partial charge in [0.05, 0.1) is 6.61 Å². The third-order valence-corrected chi connectivity index (χ3v) is 3.55. The van der Waals surface area contributed by atoms with Crippen LogP contribution in [-0.4, -0.2) is 35.7 Å².